The molecule has 6 heteroatoms. The van der Waals surface area contributed by atoms with Crippen LogP contribution >= 0.6 is 0 Å². The summed E-state index contributed by atoms with van der Waals surface area (Å²) in [6.45, 7) is 2.27. The molecule has 2 aromatic carbocycles. The first kappa shape index (κ1) is 20.2. The monoisotopic (exact) mass is 571 g/mol. The van der Waals surface area contributed by atoms with Crippen LogP contribution in [0, 0.1) is 0 Å². The van der Waals surface area contributed by atoms with Crippen molar-refractivity contribution in [1.82, 2.24) is 5.32 Å². The number of benzene rings is 2. The molecule has 0 saturated carbocycles. The van der Waals surface area contributed by atoms with Gasteiger partial charge in [-0.1, -0.05) is 42.5 Å². The Balaban J connectivity index is 0.00000123. The molecule has 134 valence electrons. The van der Waals surface area contributed by atoms with Gasteiger partial charge in [0.25, 0.3) is 6.47 Å². The van der Waals surface area contributed by atoms with E-state index >= 15 is 0 Å². The summed E-state index contributed by atoms with van der Waals surface area (Å²) in [5, 5.41) is 9.51. The smallest absolute Gasteiger partial charge is 0.290 e. The van der Waals surface area contributed by atoms with E-state index < -0.39 is 0 Å². The molecule has 1 unspecified atom stereocenters. The van der Waals surface area contributed by atoms with E-state index in [2.05, 4.69) is 5.32 Å². The Hall–Kier alpha value is -3.82. The Labute approximate surface area is 135 Å². The maximum absolute atomic E-state index is 10.2. The minimum Gasteiger partial charge on any atom is -0.527 e. The van der Waals surface area contributed by atoms with E-state index in [4.69, 9.17) is 14.6 Å². The molecule has 1 amide bonds. The van der Waals surface area contributed by atoms with Gasteiger partial charge in [0.15, 0.2) is 0 Å². The van der Waals surface area contributed by atoms with Gasteiger partial charge in [-0.05, 0) is 42.6 Å². The number of rotatable bonds is 7. The number of ether oxygens (including phenoxy) is 1. The second-order valence-electron chi connectivity index (χ2n) is 4.88. The van der Waals surface area contributed by atoms with Gasteiger partial charge >= 0.3 is 0 Å². The molecule has 24 heavy (non-hydrogen) atoms. The van der Waals surface area contributed by atoms with E-state index in [0.29, 0.717) is 6.61 Å². The van der Waals surface area contributed by atoms with Crippen molar-refractivity contribution in [3.05, 3.63) is 65.7 Å². The molecule has 2 N–H and O–H groups in total. The predicted molar refractivity (Wildman–Crippen MR) is 87.9 cm³/mol. The first-order valence-electron chi connectivity index (χ1n) is 7.15. The first-order chi connectivity index (χ1) is 11.2. The summed E-state index contributed by atoms with van der Waals surface area (Å²) >= 11 is 0. The Morgan fingerprint density at radius 2 is 1.71 bits per heavy atom. The van der Waals surface area contributed by atoms with Crippen molar-refractivity contribution in [3.8, 4) is 5.75 Å². The van der Waals surface area contributed by atoms with Gasteiger partial charge in [-0.15, -0.1) is 0 Å². The molecule has 2 rings (SSSR count). The van der Waals surface area contributed by atoms with Crippen LogP contribution in [-0.2, 0) is 22.6 Å². The Morgan fingerprint density at radius 1 is 1.12 bits per heavy atom. The van der Waals surface area contributed by atoms with Crippen LogP contribution in [-0.4, -0.2) is 24.0 Å². The van der Waals surface area contributed by atoms with E-state index in [1.807, 2.05) is 61.5 Å². The van der Waals surface area contributed by atoms with Crippen LogP contribution in [0.3, 0.4) is 0 Å². The number of carboxylic acid groups (broad SMARTS) is 1. The Morgan fingerprint density at radius 3 is 2.25 bits per heavy atom. The Kier molecular flexibility index (Phi) is 9.92. The normalized spacial score (nSPS) is 10.2. The number of hydrogen-bond acceptors (Lipinski definition) is 3. The molecular weight excluding hydrogens is 551 g/mol. The van der Waals surface area contributed by atoms with Gasteiger partial charge in [0, 0.05) is 0 Å². The van der Waals surface area contributed by atoms with Crippen molar-refractivity contribution in [3.63, 3.8) is 0 Å². The molecule has 5 nitrogen and oxygen atoms in total. The zero-order valence-electron chi connectivity index (χ0n) is 13.2. The predicted octanol–water partition coefficient (Wildman–Crippen LogP) is 2.55. The summed E-state index contributed by atoms with van der Waals surface area (Å²) < 4.78 is 5.72. The molecule has 0 fully saturated rings. The van der Waals surface area contributed by atoms with Crippen LogP contribution in [0.15, 0.2) is 54.6 Å². The second-order valence-corrected chi connectivity index (χ2v) is 4.88. The maximum Gasteiger partial charge on any atom is 0.290 e. The molecule has 0 aliphatic rings. The van der Waals surface area contributed by atoms with E-state index in [-0.39, 0.29) is 12.5 Å². The van der Waals surface area contributed by atoms with Gasteiger partial charge in [-0.2, -0.15) is 6.41 Å². The van der Waals surface area contributed by atoms with Crippen molar-refractivity contribution in [2.45, 2.75) is 26.0 Å². The fourth-order valence-electron chi connectivity index (χ4n) is 1.97. The standard InChI is InChI=1S/C17H18NO2.CH2O2.Fm/c1-14(18-13-19)11-15-7-9-17(10-8-15)20-12-16-5-3-2-4-6-16;2-1-3;/h2-10,14H,11-12H2,1H3,(H,18,19);1H,(H,2,3);/q-1;;. The SMILES string of the molecule is CC(Cc1ccc(OCc2ccccc2)cc1)N[C-]=O.O=CO.[Fm]. The van der Waals surface area contributed by atoms with Gasteiger partial charge < -0.3 is 20.0 Å². The summed E-state index contributed by atoms with van der Waals surface area (Å²) in [7, 11) is 0. The van der Waals surface area contributed by atoms with Gasteiger partial charge in [0.1, 0.15) is 12.4 Å². The molecular formula is C18H20FmNO4-. The van der Waals surface area contributed by atoms with Crippen molar-refractivity contribution in [2.24, 2.45) is 0 Å². The van der Waals surface area contributed by atoms with Crippen molar-refractivity contribution in [2.75, 3.05) is 0 Å². The van der Waals surface area contributed by atoms with E-state index in [1.54, 1.807) is 6.41 Å². The molecule has 1 atom stereocenters. The van der Waals surface area contributed by atoms with Crippen molar-refractivity contribution in [1.29, 1.82) is 0 Å². The van der Waals surface area contributed by atoms with Crippen molar-refractivity contribution < 1.29 is 19.4 Å². The molecule has 0 aliphatic heterocycles. The Bertz CT molecular complexity index is 575. The topological polar surface area (TPSA) is 75.6 Å². The summed E-state index contributed by atoms with van der Waals surface area (Å²) in [6.07, 6.45) is 2.50. The summed E-state index contributed by atoms with van der Waals surface area (Å²) in [4.78, 5) is 18.6. The fourth-order valence-corrected chi connectivity index (χ4v) is 1.97. The summed E-state index contributed by atoms with van der Waals surface area (Å²) in [5.74, 6) is 0.847. The quantitative estimate of drug-likeness (QED) is 0.305. The third-order valence-electron chi connectivity index (χ3n) is 3.02. The number of nitrogens with one attached hydrogen (secondary N) is 1. The van der Waals surface area contributed by atoms with Crippen LogP contribution in [0.25, 0.3) is 0 Å². The van der Waals surface area contributed by atoms with Crippen LogP contribution in [0.1, 0.15) is 18.1 Å². The molecule has 0 radical (unpaired) electrons. The zero-order valence-corrected chi connectivity index (χ0v) is 15.6. The van der Waals surface area contributed by atoms with E-state index in [1.165, 1.54) is 0 Å². The van der Waals surface area contributed by atoms with Crippen molar-refractivity contribution >= 4 is 12.9 Å². The number of carbonyl (C=O) groups is 1. The minimum absolute atomic E-state index is 0. The molecule has 2 aromatic rings. The number of amides is 1. The largest absolute Gasteiger partial charge is 0.527 e. The van der Waals surface area contributed by atoms with E-state index in [0.717, 1.165) is 23.3 Å². The fraction of sp³-hybridized carbons (Fsp3) is 0.222. The number of hydrogen-bond donors (Lipinski definition) is 2. The molecule has 0 aromatic heterocycles. The van der Waals surface area contributed by atoms with Gasteiger partial charge in [-0.3, -0.25) is 4.79 Å². The van der Waals surface area contributed by atoms with Crippen LogP contribution < -0.4 is 10.1 Å². The molecule has 0 saturated heterocycles. The third kappa shape index (κ3) is 7.83. The molecule has 0 aliphatic carbocycles. The maximum atomic E-state index is 10.2. The van der Waals surface area contributed by atoms with Crippen LogP contribution in [0.2, 0.25) is 0 Å². The number of carbonyl (C=O) groups excluding carboxylic acids is 1. The van der Waals surface area contributed by atoms with Crippen LogP contribution in [0.5, 0.6) is 5.75 Å². The minimum atomic E-state index is -0.250. The van der Waals surface area contributed by atoms with Gasteiger partial charge in [0.2, 0.25) is 0 Å². The molecule has 0 bridgehead atoms. The van der Waals surface area contributed by atoms with E-state index in [9.17, 15) is 4.79 Å². The third-order valence-corrected chi connectivity index (χ3v) is 3.02. The average Bonchev–Trinajstić information content (AvgIpc) is 2.56. The molecule has 0 heterocycles. The van der Waals surface area contributed by atoms with Gasteiger partial charge in [-0.25, -0.2) is 0 Å². The zero-order chi connectivity index (χ0) is 16.9. The van der Waals surface area contributed by atoms with Gasteiger partial charge in [0.05, 0.1) is 0 Å². The average molecular weight is 571 g/mol. The first-order valence-corrected chi connectivity index (χ1v) is 7.15. The molecule has 0 spiro atoms. The second kappa shape index (κ2) is 11.8. The summed E-state index contributed by atoms with van der Waals surface area (Å²) in [6, 6.07) is 18.1. The summed E-state index contributed by atoms with van der Waals surface area (Å²) in [5.41, 5.74) is 2.31. The van der Waals surface area contributed by atoms with Crippen LogP contribution in [0.4, 0.5) is 0 Å².